The van der Waals surface area contributed by atoms with Crippen LogP contribution in [0, 0.1) is 0 Å². The third-order valence-corrected chi connectivity index (χ3v) is 21.6. The minimum absolute atomic E-state index is 0.630. The van der Waals surface area contributed by atoms with Gasteiger partial charge in [0.25, 0.3) is 0 Å². The summed E-state index contributed by atoms with van der Waals surface area (Å²) >= 11 is 0. The monoisotopic (exact) mass is 1270 g/mol. The number of rotatable bonds is 6. The van der Waals surface area contributed by atoms with Gasteiger partial charge in [0.05, 0.1) is 101 Å². The molecule has 100 heavy (non-hydrogen) atoms. The van der Waals surface area contributed by atoms with Crippen LogP contribution in [0.2, 0.25) is 0 Å². The first-order valence-corrected chi connectivity index (χ1v) is 33.8. The molecule has 0 fully saturated rings. The SMILES string of the molecule is c1ccc(-c2nc3c(nc2-c2ccccn2)c2c4cc(-n5c6ccccc6c6ccccc65)cc5c6cc(-n7c8ccccc8c8ccccc87)cnc6n(c54)c2c2c3c3cc(-n4c5ccccc5c5ccccc54)cc4c5cc(-n6c7ccccc7c7ccccc76)cnc5n2c43)nc1. The molecule has 13 heterocycles. The van der Waals surface area contributed by atoms with Crippen LogP contribution in [0.5, 0.6) is 0 Å². The summed E-state index contributed by atoms with van der Waals surface area (Å²) in [5.74, 6) is 0. The van der Waals surface area contributed by atoms with Crippen LogP contribution in [0.1, 0.15) is 0 Å². The number of fused-ring (bicyclic) bond motifs is 28. The first-order chi connectivity index (χ1) is 49.7. The molecule has 0 radical (unpaired) electrons. The molecule has 0 amide bonds. The molecule has 0 bridgehead atoms. The number of benzene rings is 11. The summed E-state index contributed by atoms with van der Waals surface area (Å²) in [6.45, 7) is 0. The highest BCUT2D eigenvalue weighted by molar-refractivity contribution is 6.40. The van der Waals surface area contributed by atoms with E-state index in [1.165, 1.54) is 43.1 Å². The highest BCUT2D eigenvalue weighted by atomic mass is 15.1. The second-order valence-electron chi connectivity index (χ2n) is 26.6. The van der Waals surface area contributed by atoms with Gasteiger partial charge in [-0.1, -0.05) is 158 Å². The van der Waals surface area contributed by atoms with Crippen LogP contribution in [-0.4, -0.2) is 57.0 Å². The Labute approximate surface area is 565 Å². The quantitative estimate of drug-likeness (QED) is 0.164. The van der Waals surface area contributed by atoms with Gasteiger partial charge < -0.3 is 18.3 Å². The third-order valence-electron chi connectivity index (χ3n) is 21.6. The Balaban J connectivity index is 0.940. The van der Waals surface area contributed by atoms with Crippen molar-refractivity contribution in [3.8, 4) is 45.5 Å². The van der Waals surface area contributed by atoms with E-state index < -0.39 is 0 Å². The molecule has 24 aromatic rings. The number of nitrogens with zero attached hydrogens (tertiary/aromatic N) is 12. The average Bonchev–Trinajstić information content (AvgIpc) is 1.49. The van der Waals surface area contributed by atoms with Gasteiger partial charge in [0.2, 0.25) is 0 Å². The van der Waals surface area contributed by atoms with Gasteiger partial charge in [-0.15, -0.1) is 0 Å². The van der Waals surface area contributed by atoms with E-state index in [1.807, 2.05) is 48.8 Å². The molecule has 0 unspecified atom stereocenters. The van der Waals surface area contributed by atoms with E-state index in [1.54, 1.807) is 0 Å². The second kappa shape index (κ2) is 19.0. The van der Waals surface area contributed by atoms with Crippen LogP contribution in [-0.2, 0) is 0 Å². The van der Waals surface area contributed by atoms with Gasteiger partial charge in [0.1, 0.15) is 33.7 Å². The minimum atomic E-state index is 0.630. The first kappa shape index (κ1) is 52.4. The molecule has 0 aliphatic rings. The fraction of sp³-hybridized carbons (Fsp3) is 0. The summed E-state index contributed by atoms with van der Waals surface area (Å²) in [6.07, 6.45) is 7.81. The molecule has 0 saturated heterocycles. The zero-order chi connectivity index (χ0) is 64.7. The molecular weight excluding hydrogens is 1230 g/mol. The molecule has 0 spiro atoms. The van der Waals surface area contributed by atoms with Crippen LogP contribution >= 0.6 is 0 Å². The highest BCUT2D eigenvalue weighted by Crippen LogP contribution is 2.52. The molecule has 0 N–H and O–H groups in total. The van der Waals surface area contributed by atoms with E-state index in [0.29, 0.717) is 22.8 Å². The summed E-state index contributed by atoms with van der Waals surface area (Å²) in [5, 5.41) is 17.5. The number of hydrogen-bond acceptors (Lipinski definition) is 6. The van der Waals surface area contributed by atoms with E-state index in [-0.39, 0.29) is 0 Å². The summed E-state index contributed by atoms with van der Waals surface area (Å²) in [5.41, 5.74) is 22.6. The van der Waals surface area contributed by atoms with Crippen LogP contribution in [0.3, 0.4) is 0 Å². The van der Waals surface area contributed by atoms with Gasteiger partial charge >= 0.3 is 0 Å². The van der Waals surface area contributed by atoms with Gasteiger partial charge in [-0.25, -0.2) is 19.9 Å². The molecule has 0 aliphatic heterocycles. The van der Waals surface area contributed by atoms with E-state index in [9.17, 15) is 0 Å². The zero-order valence-corrected chi connectivity index (χ0v) is 53.1. The Morgan fingerprint density at radius 1 is 0.220 bits per heavy atom. The Kier molecular flexibility index (Phi) is 9.96. The largest absolute Gasteiger partial charge is 0.309 e. The molecule has 0 atom stereocenters. The maximum Gasteiger partial charge on any atom is 0.145 e. The van der Waals surface area contributed by atoms with Crippen molar-refractivity contribution in [2.45, 2.75) is 0 Å². The minimum Gasteiger partial charge on any atom is -0.309 e. The van der Waals surface area contributed by atoms with Crippen molar-refractivity contribution < 1.29 is 0 Å². The van der Waals surface area contributed by atoms with Crippen molar-refractivity contribution in [2.75, 3.05) is 0 Å². The van der Waals surface area contributed by atoms with Crippen LogP contribution in [0.15, 0.2) is 292 Å². The average molecular weight is 1270 g/mol. The lowest BCUT2D eigenvalue weighted by atomic mass is 10.0. The lowest BCUT2D eigenvalue weighted by Crippen LogP contribution is -2.00. The van der Waals surface area contributed by atoms with Crippen molar-refractivity contribution >= 4 is 175 Å². The maximum atomic E-state index is 6.07. The zero-order valence-electron chi connectivity index (χ0n) is 53.1. The Bertz CT molecular complexity index is 7050. The predicted molar refractivity (Wildman–Crippen MR) is 408 cm³/mol. The van der Waals surface area contributed by atoms with E-state index in [0.717, 1.165) is 154 Å². The van der Waals surface area contributed by atoms with Gasteiger partial charge in [0, 0.05) is 110 Å². The van der Waals surface area contributed by atoms with Gasteiger partial charge in [-0.2, -0.15) is 0 Å². The van der Waals surface area contributed by atoms with E-state index in [2.05, 4.69) is 270 Å². The molecule has 12 nitrogen and oxygen atoms in total. The van der Waals surface area contributed by atoms with Crippen molar-refractivity contribution in [3.05, 3.63) is 292 Å². The molecular formula is C88H48N12. The molecule has 24 rings (SSSR count). The number of pyridine rings is 4. The van der Waals surface area contributed by atoms with Crippen molar-refractivity contribution in [2.24, 2.45) is 0 Å². The summed E-state index contributed by atoms with van der Waals surface area (Å²) < 4.78 is 14.6. The second-order valence-corrected chi connectivity index (χ2v) is 26.6. The predicted octanol–water partition coefficient (Wildman–Crippen LogP) is 21.2. The summed E-state index contributed by atoms with van der Waals surface area (Å²) in [7, 11) is 0. The molecule has 11 aromatic carbocycles. The Morgan fingerprint density at radius 3 is 0.790 bits per heavy atom. The summed E-state index contributed by atoms with van der Waals surface area (Å²) in [6, 6.07) is 96.3. The van der Waals surface area contributed by atoms with Crippen LogP contribution < -0.4 is 0 Å². The molecule has 0 aliphatic carbocycles. The number of aromatic nitrogens is 12. The number of hydrogen-bond donors (Lipinski definition) is 0. The van der Waals surface area contributed by atoms with Crippen LogP contribution in [0.25, 0.3) is 220 Å². The molecule has 13 aromatic heterocycles. The first-order valence-electron chi connectivity index (χ1n) is 33.8. The van der Waals surface area contributed by atoms with Gasteiger partial charge in [0.15, 0.2) is 0 Å². The third kappa shape index (κ3) is 6.64. The fourth-order valence-corrected chi connectivity index (χ4v) is 17.7. The molecule has 460 valence electrons. The number of para-hydroxylation sites is 8. The van der Waals surface area contributed by atoms with Crippen LogP contribution in [0.4, 0.5) is 0 Å². The normalized spacial score (nSPS) is 12.6. The maximum absolute atomic E-state index is 6.07. The van der Waals surface area contributed by atoms with Crippen molar-refractivity contribution in [1.29, 1.82) is 0 Å². The smallest absolute Gasteiger partial charge is 0.145 e. The fourth-order valence-electron chi connectivity index (χ4n) is 17.7. The van der Waals surface area contributed by atoms with Gasteiger partial charge in [-0.3, -0.25) is 18.8 Å². The lowest BCUT2D eigenvalue weighted by molar-refractivity contribution is 1.14. The van der Waals surface area contributed by atoms with Crippen molar-refractivity contribution in [1.82, 2.24) is 57.0 Å². The van der Waals surface area contributed by atoms with Gasteiger partial charge in [-0.05, 0) is 109 Å². The Hall–Kier alpha value is -13.8. The molecule has 12 heteroatoms. The van der Waals surface area contributed by atoms with E-state index >= 15 is 0 Å². The lowest BCUT2D eigenvalue weighted by Gasteiger charge is -2.14. The standard InChI is InChI=1S/C88H48N12/c1-9-31-69-53(21-1)54-22-2-10-32-70(54)95(69)49-41-61-63-45-51(97-73-35-13-5-25-57(73)58-26-6-14-36-74(58)97)47-91-87(63)99-83(61)65(43-49)77-81-82(94-80(68-30-18-20-40-90-68)79(93-81)67-29-17-19-39-89-67)78-66-44-50(96-71-33-11-3-23-55(71)56-24-4-12-34-72(56)96)42-62-64-46-52(48-92-88(64)100(84(62)66)86(78)85(77)99)98-75-37-15-7-27-59(75)60-28-8-16-38-76(60)98/h1-48H. The highest BCUT2D eigenvalue weighted by Gasteiger charge is 2.33. The molecule has 0 saturated carbocycles. The summed E-state index contributed by atoms with van der Waals surface area (Å²) in [4.78, 5) is 33.9. The van der Waals surface area contributed by atoms with Crippen molar-refractivity contribution in [3.63, 3.8) is 0 Å². The van der Waals surface area contributed by atoms with E-state index in [4.69, 9.17) is 29.9 Å². The topological polar surface area (TPSA) is 106 Å². The Morgan fingerprint density at radius 2 is 0.490 bits per heavy atom.